The Hall–Kier alpha value is -0.810. The van der Waals surface area contributed by atoms with Gasteiger partial charge in [-0.1, -0.05) is 18.6 Å². The third-order valence-corrected chi connectivity index (χ3v) is 5.03. The molecule has 0 bridgehead atoms. The van der Waals surface area contributed by atoms with Gasteiger partial charge >= 0.3 is 0 Å². The number of aromatic hydroxyl groups is 1. The minimum absolute atomic E-state index is 0. The fraction of sp³-hybridized carbons (Fsp3) is 0.684. The van der Waals surface area contributed by atoms with Crippen molar-refractivity contribution in [3.63, 3.8) is 0 Å². The van der Waals surface area contributed by atoms with Crippen molar-refractivity contribution in [3.05, 3.63) is 29.3 Å². The van der Waals surface area contributed by atoms with E-state index in [9.17, 15) is 5.11 Å². The number of hydrogen-bond acceptors (Lipinski definition) is 4. The van der Waals surface area contributed by atoms with E-state index in [0.717, 1.165) is 51.4 Å². The molecule has 24 heavy (non-hydrogen) atoms. The maximum Gasteiger partial charge on any atom is 0.120 e. The van der Waals surface area contributed by atoms with E-state index in [1.807, 2.05) is 6.07 Å². The first kappa shape index (κ1) is 19.5. The monoisotopic (exact) mass is 354 g/mol. The molecule has 1 aromatic rings. The van der Waals surface area contributed by atoms with Crippen LogP contribution >= 0.6 is 12.4 Å². The molecule has 0 aromatic heterocycles. The third kappa shape index (κ3) is 5.92. The van der Waals surface area contributed by atoms with Crippen molar-refractivity contribution in [2.75, 3.05) is 45.9 Å². The predicted octanol–water partition coefficient (Wildman–Crippen LogP) is 3.06. The molecule has 0 saturated carbocycles. The first-order valence-corrected chi connectivity index (χ1v) is 9.14. The second kappa shape index (κ2) is 10.2. The Morgan fingerprint density at radius 1 is 0.958 bits per heavy atom. The Kier molecular flexibility index (Phi) is 8.33. The second-order valence-electron chi connectivity index (χ2n) is 6.86. The van der Waals surface area contributed by atoms with Gasteiger partial charge in [0.05, 0.1) is 13.2 Å². The Bertz CT molecular complexity index is 486. The SMILES string of the molecule is Cl.Oc1ccc(CCCN2CCOCC2)cc1CN1CCCCC1. The molecular formula is C19H31ClN2O2. The summed E-state index contributed by atoms with van der Waals surface area (Å²) in [6, 6.07) is 6.17. The van der Waals surface area contributed by atoms with E-state index in [2.05, 4.69) is 21.9 Å². The van der Waals surface area contributed by atoms with Crippen LogP contribution in [0.3, 0.4) is 0 Å². The Morgan fingerprint density at radius 3 is 2.46 bits per heavy atom. The molecule has 0 amide bonds. The highest BCUT2D eigenvalue weighted by atomic mass is 35.5. The molecule has 4 nitrogen and oxygen atoms in total. The molecule has 3 rings (SSSR count). The summed E-state index contributed by atoms with van der Waals surface area (Å²) in [5.41, 5.74) is 2.44. The van der Waals surface area contributed by atoms with Crippen LogP contribution < -0.4 is 0 Å². The van der Waals surface area contributed by atoms with Crippen molar-refractivity contribution in [1.29, 1.82) is 0 Å². The van der Waals surface area contributed by atoms with Crippen molar-refractivity contribution in [2.24, 2.45) is 0 Å². The van der Waals surface area contributed by atoms with E-state index < -0.39 is 0 Å². The highest BCUT2D eigenvalue weighted by Gasteiger charge is 2.13. The van der Waals surface area contributed by atoms with Gasteiger partial charge < -0.3 is 9.84 Å². The molecule has 1 N–H and O–H groups in total. The van der Waals surface area contributed by atoms with Gasteiger partial charge in [-0.3, -0.25) is 9.80 Å². The van der Waals surface area contributed by atoms with E-state index in [0.29, 0.717) is 5.75 Å². The summed E-state index contributed by atoms with van der Waals surface area (Å²) in [5, 5.41) is 10.1. The minimum Gasteiger partial charge on any atom is -0.508 e. The topological polar surface area (TPSA) is 35.9 Å². The number of ether oxygens (including phenoxy) is 1. The van der Waals surface area contributed by atoms with Crippen molar-refractivity contribution in [3.8, 4) is 5.75 Å². The maximum atomic E-state index is 10.1. The van der Waals surface area contributed by atoms with Gasteiger partial charge in [-0.05, 0) is 56.9 Å². The van der Waals surface area contributed by atoms with E-state index in [1.54, 1.807) is 0 Å². The van der Waals surface area contributed by atoms with Gasteiger partial charge in [0, 0.05) is 25.2 Å². The molecule has 0 radical (unpaired) electrons. The van der Waals surface area contributed by atoms with Gasteiger partial charge in [0.15, 0.2) is 0 Å². The molecule has 2 saturated heterocycles. The fourth-order valence-electron chi connectivity index (χ4n) is 3.61. The number of hydrogen-bond donors (Lipinski definition) is 1. The molecule has 0 aliphatic carbocycles. The summed E-state index contributed by atoms with van der Waals surface area (Å²) in [4.78, 5) is 4.95. The predicted molar refractivity (Wildman–Crippen MR) is 100 cm³/mol. The Morgan fingerprint density at radius 2 is 1.71 bits per heavy atom. The third-order valence-electron chi connectivity index (χ3n) is 5.03. The lowest BCUT2D eigenvalue weighted by Gasteiger charge is -2.27. The average Bonchev–Trinajstić information content (AvgIpc) is 2.60. The number of rotatable bonds is 6. The largest absolute Gasteiger partial charge is 0.508 e. The molecule has 2 aliphatic heterocycles. The van der Waals surface area contributed by atoms with Crippen molar-refractivity contribution in [1.82, 2.24) is 9.80 Å². The van der Waals surface area contributed by atoms with E-state index >= 15 is 0 Å². The zero-order chi connectivity index (χ0) is 15.9. The van der Waals surface area contributed by atoms with Crippen LogP contribution in [0.1, 0.15) is 36.8 Å². The van der Waals surface area contributed by atoms with E-state index in [-0.39, 0.29) is 12.4 Å². The van der Waals surface area contributed by atoms with Gasteiger partial charge in [0.2, 0.25) is 0 Å². The lowest BCUT2D eigenvalue weighted by atomic mass is 10.0. The van der Waals surface area contributed by atoms with Crippen LogP contribution in [-0.2, 0) is 17.7 Å². The molecule has 2 fully saturated rings. The number of aryl methyl sites for hydroxylation is 1. The van der Waals surface area contributed by atoms with Crippen LogP contribution in [0.4, 0.5) is 0 Å². The van der Waals surface area contributed by atoms with Crippen LogP contribution in [0.15, 0.2) is 18.2 Å². The van der Waals surface area contributed by atoms with E-state index in [4.69, 9.17) is 4.74 Å². The number of benzene rings is 1. The molecule has 2 heterocycles. The molecule has 2 aliphatic rings. The molecule has 0 unspecified atom stereocenters. The maximum absolute atomic E-state index is 10.1. The summed E-state index contributed by atoms with van der Waals surface area (Å²) in [6.07, 6.45) is 6.20. The molecule has 0 atom stereocenters. The van der Waals surface area contributed by atoms with Crippen LogP contribution in [0.25, 0.3) is 0 Å². The second-order valence-corrected chi connectivity index (χ2v) is 6.86. The fourth-order valence-corrected chi connectivity index (χ4v) is 3.61. The Balaban J connectivity index is 0.00000208. The highest BCUT2D eigenvalue weighted by Crippen LogP contribution is 2.23. The van der Waals surface area contributed by atoms with E-state index in [1.165, 1.54) is 44.3 Å². The summed E-state index contributed by atoms with van der Waals surface area (Å²) in [6.45, 7) is 8.25. The summed E-state index contributed by atoms with van der Waals surface area (Å²) in [7, 11) is 0. The summed E-state index contributed by atoms with van der Waals surface area (Å²) >= 11 is 0. The van der Waals surface area contributed by atoms with Crippen molar-refractivity contribution < 1.29 is 9.84 Å². The van der Waals surface area contributed by atoms with Gasteiger partial charge in [0.25, 0.3) is 0 Å². The van der Waals surface area contributed by atoms with Gasteiger partial charge in [-0.15, -0.1) is 12.4 Å². The minimum atomic E-state index is 0. The number of phenolic OH excluding ortho intramolecular Hbond substituents is 1. The molecule has 5 heteroatoms. The number of piperidine rings is 1. The van der Waals surface area contributed by atoms with Crippen LogP contribution in [0.5, 0.6) is 5.75 Å². The molecule has 0 spiro atoms. The normalized spacial score (nSPS) is 19.8. The first-order chi connectivity index (χ1) is 11.3. The number of halogens is 1. The smallest absolute Gasteiger partial charge is 0.120 e. The molecule has 136 valence electrons. The van der Waals surface area contributed by atoms with Gasteiger partial charge in [-0.25, -0.2) is 0 Å². The van der Waals surface area contributed by atoms with Crippen molar-refractivity contribution >= 4 is 12.4 Å². The standard InChI is InChI=1S/C19H30N2O2.ClH/c22-19-7-6-17(5-4-10-20-11-13-23-14-12-20)15-18(19)16-21-8-2-1-3-9-21;/h6-7,15,22H,1-5,8-14,16H2;1H. The van der Waals surface area contributed by atoms with Crippen LogP contribution in [-0.4, -0.2) is 60.8 Å². The highest BCUT2D eigenvalue weighted by molar-refractivity contribution is 5.85. The zero-order valence-electron chi connectivity index (χ0n) is 14.6. The first-order valence-electron chi connectivity index (χ1n) is 9.14. The number of morpholine rings is 1. The zero-order valence-corrected chi connectivity index (χ0v) is 15.4. The van der Waals surface area contributed by atoms with Crippen LogP contribution in [0, 0.1) is 0 Å². The Labute approximate surface area is 152 Å². The number of phenols is 1. The van der Waals surface area contributed by atoms with Crippen LogP contribution in [0.2, 0.25) is 0 Å². The summed E-state index contributed by atoms with van der Waals surface area (Å²) in [5.74, 6) is 0.451. The lowest BCUT2D eigenvalue weighted by Crippen LogP contribution is -2.36. The van der Waals surface area contributed by atoms with Crippen molar-refractivity contribution in [2.45, 2.75) is 38.6 Å². The quantitative estimate of drug-likeness (QED) is 0.851. The number of nitrogens with zero attached hydrogens (tertiary/aromatic N) is 2. The van der Waals surface area contributed by atoms with Gasteiger partial charge in [0.1, 0.15) is 5.75 Å². The molecule has 1 aromatic carbocycles. The molecular weight excluding hydrogens is 324 g/mol. The van der Waals surface area contributed by atoms with Gasteiger partial charge in [-0.2, -0.15) is 0 Å². The average molecular weight is 355 g/mol. The lowest BCUT2D eigenvalue weighted by molar-refractivity contribution is 0.0374. The summed E-state index contributed by atoms with van der Waals surface area (Å²) < 4.78 is 5.39. The number of likely N-dealkylation sites (tertiary alicyclic amines) is 1.